The molecule has 3 rings (SSSR count). The van der Waals surface area contributed by atoms with Gasteiger partial charge in [-0.3, -0.25) is 4.79 Å². The van der Waals surface area contributed by atoms with Gasteiger partial charge in [-0.2, -0.15) is 18.3 Å². The third-order valence-electron chi connectivity index (χ3n) is 3.42. The molecule has 0 unspecified atom stereocenters. The Morgan fingerprint density at radius 3 is 2.36 bits per heavy atom. The molecule has 0 bridgehead atoms. The maximum absolute atomic E-state index is 12.9. The highest BCUT2D eigenvalue weighted by molar-refractivity contribution is 5.93. The van der Waals surface area contributed by atoms with Crippen LogP contribution in [0.3, 0.4) is 0 Å². The van der Waals surface area contributed by atoms with E-state index in [0.717, 1.165) is 16.8 Å². The van der Waals surface area contributed by atoms with Gasteiger partial charge in [0, 0.05) is 18.0 Å². The molecule has 0 aliphatic rings. The van der Waals surface area contributed by atoms with E-state index in [1.54, 1.807) is 30.3 Å². The molecule has 0 radical (unpaired) electrons. The number of rotatable bonds is 1. The lowest BCUT2D eigenvalue weighted by Crippen LogP contribution is -2.20. The Hall–Kier alpha value is -2.63. The molecule has 6 heteroatoms. The van der Waals surface area contributed by atoms with E-state index in [4.69, 9.17) is 0 Å². The summed E-state index contributed by atoms with van der Waals surface area (Å²) in [4.78, 5) is 12.1. The van der Waals surface area contributed by atoms with Crippen molar-refractivity contribution in [3.05, 3.63) is 64.4 Å². The summed E-state index contributed by atoms with van der Waals surface area (Å²) in [5.41, 5.74) is -0.360. The molecule has 0 amide bonds. The first-order valence-corrected chi connectivity index (χ1v) is 6.51. The molecule has 3 nitrogen and oxygen atoms in total. The third kappa shape index (κ3) is 2.36. The van der Waals surface area contributed by atoms with Crippen LogP contribution in [-0.2, 0) is 13.2 Å². The number of nitrogens with zero attached hydrogens (tertiary/aromatic N) is 2. The molecular weight excluding hydrogens is 293 g/mol. The minimum absolute atomic E-state index is 0.286. The molecule has 0 saturated heterocycles. The van der Waals surface area contributed by atoms with Gasteiger partial charge in [-0.25, -0.2) is 4.68 Å². The molecule has 2 aromatic carbocycles. The lowest BCUT2D eigenvalue weighted by atomic mass is 10.0. The molecule has 1 heterocycles. The summed E-state index contributed by atoms with van der Waals surface area (Å²) in [6.07, 6.45) is -4.42. The lowest BCUT2D eigenvalue weighted by Gasteiger charge is -2.11. The average molecular weight is 304 g/mol. The second-order valence-corrected chi connectivity index (χ2v) is 4.90. The smallest absolute Gasteiger partial charge is 0.267 e. The van der Waals surface area contributed by atoms with Crippen molar-refractivity contribution in [2.75, 3.05) is 0 Å². The quantitative estimate of drug-likeness (QED) is 0.688. The molecule has 0 N–H and O–H groups in total. The molecule has 1 aromatic heterocycles. The van der Waals surface area contributed by atoms with Gasteiger partial charge in [0.15, 0.2) is 0 Å². The van der Waals surface area contributed by atoms with Gasteiger partial charge in [0.05, 0.1) is 16.6 Å². The molecular formula is C16H11F3N2O. The van der Waals surface area contributed by atoms with Gasteiger partial charge < -0.3 is 0 Å². The van der Waals surface area contributed by atoms with E-state index in [0.29, 0.717) is 22.0 Å². The van der Waals surface area contributed by atoms with Gasteiger partial charge in [0.2, 0.25) is 0 Å². The van der Waals surface area contributed by atoms with E-state index in [1.807, 2.05) is 0 Å². The molecule has 112 valence electrons. The Kier molecular flexibility index (Phi) is 3.24. The number of aromatic nitrogens is 2. The van der Waals surface area contributed by atoms with Gasteiger partial charge in [-0.15, -0.1) is 0 Å². The zero-order valence-corrected chi connectivity index (χ0v) is 11.6. The second kappa shape index (κ2) is 4.98. The Balaban J connectivity index is 2.32. The van der Waals surface area contributed by atoms with Crippen molar-refractivity contribution in [3.63, 3.8) is 0 Å². The summed E-state index contributed by atoms with van der Waals surface area (Å²) in [6.45, 7) is 0. The molecule has 0 aliphatic carbocycles. The number of benzene rings is 2. The molecule has 0 spiro atoms. The average Bonchev–Trinajstić information content (AvgIpc) is 2.50. The first-order valence-electron chi connectivity index (χ1n) is 6.51. The zero-order chi connectivity index (χ0) is 15.9. The maximum Gasteiger partial charge on any atom is 0.416 e. The molecule has 22 heavy (non-hydrogen) atoms. The van der Waals surface area contributed by atoms with Crippen molar-refractivity contribution in [2.24, 2.45) is 7.05 Å². The van der Waals surface area contributed by atoms with Crippen molar-refractivity contribution in [1.29, 1.82) is 0 Å². The highest BCUT2D eigenvalue weighted by Crippen LogP contribution is 2.33. The lowest BCUT2D eigenvalue weighted by molar-refractivity contribution is -0.137. The Morgan fingerprint density at radius 2 is 1.68 bits per heavy atom. The Bertz CT molecular complexity index is 913. The van der Waals surface area contributed by atoms with E-state index in [9.17, 15) is 18.0 Å². The van der Waals surface area contributed by atoms with Crippen LogP contribution in [0.1, 0.15) is 5.56 Å². The number of halogens is 3. The highest BCUT2D eigenvalue weighted by atomic mass is 19.4. The maximum atomic E-state index is 12.9. The number of hydrogen-bond donors (Lipinski definition) is 0. The van der Waals surface area contributed by atoms with Gasteiger partial charge >= 0.3 is 6.18 Å². The van der Waals surface area contributed by atoms with E-state index < -0.39 is 11.7 Å². The highest BCUT2D eigenvalue weighted by Gasteiger charge is 2.30. The summed E-state index contributed by atoms with van der Waals surface area (Å²) < 4.78 is 39.7. The van der Waals surface area contributed by atoms with E-state index in [2.05, 4.69) is 5.10 Å². The van der Waals surface area contributed by atoms with Crippen molar-refractivity contribution in [1.82, 2.24) is 9.78 Å². The van der Waals surface area contributed by atoms with Crippen LogP contribution in [0.2, 0.25) is 0 Å². The molecule has 0 atom stereocenters. The van der Waals surface area contributed by atoms with Gasteiger partial charge in [-0.1, -0.05) is 30.3 Å². The number of alkyl halides is 3. The fourth-order valence-corrected chi connectivity index (χ4v) is 2.36. The van der Waals surface area contributed by atoms with Crippen LogP contribution in [0.15, 0.2) is 53.3 Å². The van der Waals surface area contributed by atoms with Gasteiger partial charge in [-0.05, 0) is 18.2 Å². The third-order valence-corrected chi connectivity index (χ3v) is 3.42. The van der Waals surface area contributed by atoms with Gasteiger partial charge in [0.1, 0.15) is 0 Å². The summed E-state index contributed by atoms with van der Waals surface area (Å²) in [7, 11) is 1.48. The summed E-state index contributed by atoms with van der Waals surface area (Å²) in [5, 5.41) is 5.09. The van der Waals surface area contributed by atoms with Crippen LogP contribution in [0, 0.1) is 0 Å². The minimum Gasteiger partial charge on any atom is -0.267 e. The second-order valence-electron chi connectivity index (χ2n) is 4.90. The fourth-order valence-electron chi connectivity index (χ4n) is 2.36. The van der Waals surface area contributed by atoms with E-state index >= 15 is 0 Å². The van der Waals surface area contributed by atoms with Crippen LogP contribution in [0.5, 0.6) is 0 Å². The van der Waals surface area contributed by atoms with Crippen LogP contribution < -0.4 is 5.56 Å². The van der Waals surface area contributed by atoms with Gasteiger partial charge in [0.25, 0.3) is 5.56 Å². The first kappa shape index (κ1) is 14.3. The fraction of sp³-hybridized carbons (Fsp3) is 0.125. The zero-order valence-electron chi connectivity index (χ0n) is 11.6. The molecule has 0 aliphatic heterocycles. The van der Waals surface area contributed by atoms with E-state index in [1.165, 1.54) is 13.1 Å². The predicted molar refractivity (Wildman–Crippen MR) is 77.4 cm³/mol. The number of hydrogen-bond acceptors (Lipinski definition) is 2. The Morgan fingerprint density at radius 1 is 1.00 bits per heavy atom. The van der Waals surface area contributed by atoms with Crippen LogP contribution in [-0.4, -0.2) is 9.78 Å². The van der Waals surface area contributed by atoms with Crippen molar-refractivity contribution < 1.29 is 13.2 Å². The summed E-state index contributed by atoms with van der Waals surface area (Å²) in [6, 6.07) is 11.7. The standard InChI is InChI=1S/C16H11F3N2O/c1-21-15(22)13-8-3-2-7-12(13)14(20-21)10-5-4-6-11(9-10)16(17,18)19/h2-9H,1H3. The minimum atomic E-state index is -4.42. The van der Waals surface area contributed by atoms with Crippen molar-refractivity contribution in [3.8, 4) is 11.3 Å². The molecule has 0 fully saturated rings. The Labute approximate surface area is 123 Å². The SMILES string of the molecule is Cn1nc(-c2cccc(C(F)(F)F)c2)c2ccccc2c1=O. The molecule has 0 saturated carbocycles. The normalized spacial score (nSPS) is 11.8. The van der Waals surface area contributed by atoms with Crippen LogP contribution in [0.4, 0.5) is 13.2 Å². The number of fused-ring (bicyclic) bond motifs is 1. The monoisotopic (exact) mass is 304 g/mol. The first-order chi connectivity index (χ1) is 10.4. The topological polar surface area (TPSA) is 34.9 Å². The van der Waals surface area contributed by atoms with Crippen molar-refractivity contribution in [2.45, 2.75) is 6.18 Å². The summed E-state index contributed by atoms with van der Waals surface area (Å²) in [5.74, 6) is 0. The predicted octanol–water partition coefficient (Wildman–Crippen LogP) is 3.62. The van der Waals surface area contributed by atoms with Crippen molar-refractivity contribution >= 4 is 10.8 Å². The number of aryl methyl sites for hydroxylation is 1. The summed E-state index contributed by atoms with van der Waals surface area (Å²) >= 11 is 0. The molecule has 3 aromatic rings. The van der Waals surface area contributed by atoms with Crippen LogP contribution >= 0.6 is 0 Å². The van der Waals surface area contributed by atoms with E-state index in [-0.39, 0.29) is 5.56 Å². The van der Waals surface area contributed by atoms with Crippen LogP contribution in [0.25, 0.3) is 22.0 Å². The largest absolute Gasteiger partial charge is 0.416 e.